The van der Waals surface area contributed by atoms with Gasteiger partial charge in [-0.2, -0.15) is 0 Å². The fourth-order valence-electron chi connectivity index (χ4n) is 1.89. The summed E-state index contributed by atoms with van der Waals surface area (Å²) in [6.07, 6.45) is 1.62. The average Bonchev–Trinajstić information content (AvgIpc) is 2.56. The monoisotopic (exact) mass is 310 g/mol. The first-order chi connectivity index (χ1) is 10.7. The van der Waals surface area contributed by atoms with E-state index in [1.54, 1.807) is 12.3 Å². The number of rotatable bonds is 3. The normalized spacial score (nSPS) is 10.4. The first-order valence-electron chi connectivity index (χ1n) is 6.58. The zero-order chi connectivity index (χ0) is 15.4. The number of nitrogens with zero attached hydrogens (tertiary/aromatic N) is 2. The van der Waals surface area contributed by atoms with Gasteiger partial charge in [-0.1, -0.05) is 30.3 Å². The number of carbonyl (C=O) groups is 1. The third-order valence-electron chi connectivity index (χ3n) is 2.97. The van der Waals surface area contributed by atoms with E-state index in [1.165, 1.54) is 24.3 Å². The number of carbonyl (C=O) groups excluding carboxylic acids is 1. The van der Waals surface area contributed by atoms with Gasteiger partial charge in [0.1, 0.15) is 5.82 Å². The van der Waals surface area contributed by atoms with Crippen LogP contribution < -0.4 is 0 Å². The first-order valence-corrected chi connectivity index (χ1v) is 7.40. The average molecular weight is 310 g/mol. The standard InChI is InChI=1S/C17H11FN2OS/c18-14-8-6-13(7-9-14)16(21)22-17-19-11-10-15(20-17)12-4-2-1-3-5-12/h1-11H. The summed E-state index contributed by atoms with van der Waals surface area (Å²) in [5.41, 5.74) is 2.13. The molecule has 0 radical (unpaired) electrons. The SMILES string of the molecule is O=C(Sc1nccc(-c2ccccc2)n1)c1ccc(F)cc1. The molecule has 0 aliphatic carbocycles. The lowest BCUT2D eigenvalue weighted by Gasteiger charge is -2.03. The third kappa shape index (κ3) is 3.38. The van der Waals surface area contributed by atoms with Crippen LogP contribution in [0.3, 0.4) is 0 Å². The summed E-state index contributed by atoms with van der Waals surface area (Å²) in [5.74, 6) is -0.371. The molecule has 0 spiro atoms. The second kappa shape index (κ2) is 6.49. The Kier molecular flexibility index (Phi) is 4.25. The van der Waals surface area contributed by atoms with Crippen LogP contribution in [0.15, 0.2) is 72.0 Å². The van der Waals surface area contributed by atoms with Crippen molar-refractivity contribution in [2.24, 2.45) is 0 Å². The molecule has 5 heteroatoms. The van der Waals surface area contributed by atoms with Gasteiger partial charge in [-0.05, 0) is 42.1 Å². The highest BCUT2D eigenvalue weighted by atomic mass is 32.2. The van der Waals surface area contributed by atoms with Crippen LogP contribution in [0.25, 0.3) is 11.3 Å². The van der Waals surface area contributed by atoms with E-state index in [1.807, 2.05) is 30.3 Å². The Balaban J connectivity index is 1.81. The van der Waals surface area contributed by atoms with Crippen molar-refractivity contribution < 1.29 is 9.18 Å². The molecule has 0 saturated heterocycles. The molecule has 2 aromatic carbocycles. The van der Waals surface area contributed by atoms with Crippen LogP contribution in [-0.2, 0) is 0 Å². The predicted molar refractivity (Wildman–Crippen MR) is 84.1 cm³/mol. The molecule has 3 rings (SSSR count). The summed E-state index contributed by atoms with van der Waals surface area (Å²) >= 11 is 0.928. The summed E-state index contributed by atoms with van der Waals surface area (Å²) < 4.78 is 12.9. The van der Waals surface area contributed by atoms with Crippen molar-refractivity contribution in [3.05, 3.63) is 78.2 Å². The van der Waals surface area contributed by atoms with Crippen LogP contribution in [0.2, 0.25) is 0 Å². The van der Waals surface area contributed by atoms with Gasteiger partial charge >= 0.3 is 0 Å². The predicted octanol–water partition coefficient (Wildman–Crippen LogP) is 4.22. The molecule has 3 aromatic rings. The minimum atomic E-state index is -0.371. The highest BCUT2D eigenvalue weighted by molar-refractivity contribution is 8.14. The van der Waals surface area contributed by atoms with E-state index in [-0.39, 0.29) is 10.9 Å². The van der Waals surface area contributed by atoms with Gasteiger partial charge < -0.3 is 0 Å². The van der Waals surface area contributed by atoms with Crippen molar-refractivity contribution in [1.29, 1.82) is 0 Å². The molecule has 108 valence electrons. The number of hydrogen-bond acceptors (Lipinski definition) is 4. The van der Waals surface area contributed by atoms with Gasteiger partial charge in [0.05, 0.1) is 5.69 Å². The lowest BCUT2D eigenvalue weighted by Crippen LogP contribution is -1.97. The van der Waals surface area contributed by atoms with Crippen molar-refractivity contribution in [1.82, 2.24) is 9.97 Å². The number of thioether (sulfide) groups is 1. The molecule has 1 aromatic heterocycles. The lowest BCUT2D eigenvalue weighted by molar-refractivity contribution is 0.108. The van der Waals surface area contributed by atoms with E-state index in [0.717, 1.165) is 23.0 Å². The van der Waals surface area contributed by atoms with Crippen molar-refractivity contribution >= 4 is 16.9 Å². The smallest absolute Gasteiger partial charge is 0.227 e. The quantitative estimate of drug-likeness (QED) is 0.537. The third-order valence-corrected chi connectivity index (χ3v) is 3.77. The van der Waals surface area contributed by atoms with Crippen molar-refractivity contribution in [3.63, 3.8) is 0 Å². The van der Waals surface area contributed by atoms with Crippen LogP contribution in [0.1, 0.15) is 10.4 Å². The molecular weight excluding hydrogens is 299 g/mol. The van der Waals surface area contributed by atoms with E-state index in [4.69, 9.17) is 0 Å². The Morgan fingerprint density at radius 1 is 0.955 bits per heavy atom. The maximum Gasteiger partial charge on any atom is 0.227 e. The molecule has 3 nitrogen and oxygen atoms in total. The van der Waals surface area contributed by atoms with Crippen molar-refractivity contribution in [3.8, 4) is 11.3 Å². The summed E-state index contributed by atoms with van der Waals surface area (Å²) in [5, 5.41) is 0.154. The van der Waals surface area contributed by atoms with Gasteiger partial charge in [-0.15, -0.1) is 0 Å². The summed E-state index contributed by atoms with van der Waals surface area (Å²) in [6.45, 7) is 0. The number of hydrogen-bond donors (Lipinski definition) is 0. The zero-order valence-electron chi connectivity index (χ0n) is 11.4. The number of benzene rings is 2. The topological polar surface area (TPSA) is 42.9 Å². The summed E-state index contributed by atoms with van der Waals surface area (Å²) in [4.78, 5) is 20.6. The molecule has 0 amide bonds. The highest BCUT2D eigenvalue weighted by Gasteiger charge is 2.11. The van der Waals surface area contributed by atoms with Gasteiger partial charge in [-0.25, -0.2) is 14.4 Å². The molecule has 0 N–H and O–H groups in total. The van der Waals surface area contributed by atoms with Gasteiger partial charge in [0.15, 0.2) is 5.16 Å². The maximum atomic E-state index is 12.9. The second-order valence-corrected chi connectivity index (χ2v) is 5.43. The van der Waals surface area contributed by atoms with Crippen LogP contribution in [0, 0.1) is 5.82 Å². The van der Waals surface area contributed by atoms with Crippen LogP contribution in [0.4, 0.5) is 4.39 Å². The Hall–Kier alpha value is -2.53. The van der Waals surface area contributed by atoms with E-state index in [9.17, 15) is 9.18 Å². The molecule has 0 bridgehead atoms. The Labute approximate surface area is 131 Å². The number of aromatic nitrogens is 2. The Bertz CT molecular complexity index is 791. The van der Waals surface area contributed by atoms with E-state index in [2.05, 4.69) is 9.97 Å². The maximum absolute atomic E-state index is 12.9. The summed E-state index contributed by atoms with van der Waals surface area (Å²) in [7, 11) is 0. The molecule has 0 fully saturated rings. The Morgan fingerprint density at radius 2 is 1.68 bits per heavy atom. The van der Waals surface area contributed by atoms with Crippen LogP contribution in [0.5, 0.6) is 0 Å². The minimum Gasteiger partial charge on any atom is -0.281 e. The summed E-state index contributed by atoms with van der Waals surface area (Å²) in [6, 6.07) is 16.9. The molecule has 0 unspecified atom stereocenters. The Morgan fingerprint density at radius 3 is 2.41 bits per heavy atom. The van der Waals surface area contributed by atoms with E-state index >= 15 is 0 Å². The van der Waals surface area contributed by atoms with Gasteiger partial charge in [0.25, 0.3) is 0 Å². The van der Waals surface area contributed by atoms with Crippen molar-refractivity contribution in [2.75, 3.05) is 0 Å². The lowest BCUT2D eigenvalue weighted by atomic mass is 10.1. The highest BCUT2D eigenvalue weighted by Crippen LogP contribution is 2.22. The minimum absolute atomic E-state index is 0.217. The van der Waals surface area contributed by atoms with Gasteiger partial charge in [0, 0.05) is 17.3 Å². The molecule has 0 saturated carbocycles. The van der Waals surface area contributed by atoms with Crippen molar-refractivity contribution in [2.45, 2.75) is 5.16 Å². The van der Waals surface area contributed by atoms with Gasteiger partial charge in [-0.3, -0.25) is 4.79 Å². The molecule has 0 aliphatic heterocycles. The fourth-order valence-corrected chi connectivity index (χ4v) is 2.56. The molecule has 0 aliphatic rings. The van der Waals surface area contributed by atoms with E-state index in [0.29, 0.717) is 10.7 Å². The fraction of sp³-hybridized carbons (Fsp3) is 0. The molecule has 1 heterocycles. The molecule has 0 atom stereocenters. The number of halogens is 1. The first kappa shape index (κ1) is 14.4. The molecular formula is C17H11FN2OS. The largest absolute Gasteiger partial charge is 0.281 e. The van der Waals surface area contributed by atoms with Crippen LogP contribution >= 0.6 is 11.8 Å². The zero-order valence-corrected chi connectivity index (χ0v) is 12.3. The second-order valence-electron chi connectivity index (χ2n) is 4.49. The van der Waals surface area contributed by atoms with Crippen LogP contribution in [-0.4, -0.2) is 15.1 Å². The molecule has 22 heavy (non-hydrogen) atoms. The van der Waals surface area contributed by atoms with Gasteiger partial charge in [0.2, 0.25) is 5.12 Å². The van der Waals surface area contributed by atoms with E-state index < -0.39 is 0 Å².